The van der Waals surface area contributed by atoms with E-state index < -0.39 is 11.9 Å². The first kappa shape index (κ1) is 16.7. The van der Waals surface area contributed by atoms with E-state index in [2.05, 4.69) is 10.2 Å². The van der Waals surface area contributed by atoms with Crippen molar-refractivity contribution in [1.82, 2.24) is 0 Å². The highest BCUT2D eigenvalue weighted by Gasteiger charge is 2.22. The number of ether oxygens (including phenoxy) is 2. The van der Waals surface area contributed by atoms with Crippen LogP contribution in [0.2, 0.25) is 0 Å². The molecule has 0 amide bonds. The molecule has 0 aliphatic heterocycles. The summed E-state index contributed by atoms with van der Waals surface area (Å²) in [6, 6.07) is 3.71. The molecule has 7 nitrogen and oxygen atoms in total. The lowest BCUT2D eigenvalue weighted by molar-refractivity contribution is -0.138. The summed E-state index contributed by atoms with van der Waals surface area (Å²) in [6.45, 7) is 3.59. The van der Waals surface area contributed by atoms with E-state index in [9.17, 15) is 9.90 Å². The standard InChI is InChI=1S/C13H17N3O4S/c1-3-19-12(17)10(13(18)20-4-2)11(14)16-15-8-9-6-5-7-21-9/h5-8,17H,3-4H2,1-2H3,(H2,14,16)/b12-10-,15-8+. The molecule has 0 spiro atoms. The van der Waals surface area contributed by atoms with Gasteiger partial charge in [0.25, 0.3) is 5.95 Å². The Morgan fingerprint density at radius 3 is 2.71 bits per heavy atom. The minimum absolute atomic E-state index is 0.132. The molecule has 0 atom stereocenters. The Morgan fingerprint density at radius 2 is 2.14 bits per heavy atom. The summed E-state index contributed by atoms with van der Waals surface area (Å²) in [4.78, 5) is 12.6. The number of rotatable bonds is 7. The minimum Gasteiger partial charge on any atom is -0.480 e. The normalized spacial score (nSPS) is 13.1. The van der Waals surface area contributed by atoms with Crippen molar-refractivity contribution in [3.05, 3.63) is 33.9 Å². The van der Waals surface area contributed by atoms with Gasteiger partial charge in [0.2, 0.25) is 0 Å². The van der Waals surface area contributed by atoms with Crippen LogP contribution >= 0.6 is 11.3 Å². The summed E-state index contributed by atoms with van der Waals surface area (Å²) in [6.07, 6.45) is 1.48. The van der Waals surface area contributed by atoms with Gasteiger partial charge < -0.3 is 20.3 Å². The van der Waals surface area contributed by atoms with Gasteiger partial charge in [-0.05, 0) is 25.3 Å². The molecule has 1 heterocycles. The zero-order chi connectivity index (χ0) is 15.7. The van der Waals surface area contributed by atoms with Crippen molar-refractivity contribution in [3.63, 3.8) is 0 Å². The second kappa shape index (κ2) is 8.75. The topological polar surface area (TPSA) is 107 Å². The number of nitrogens with two attached hydrogens (primary N) is 1. The first-order chi connectivity index (χ1) is 10.1. The van der Waals surface area contributed by atoms with Gasteiger partial charge in [-0.15, -0.1) is 16.4 Å². The van der Waals surface area contributed by atoms with Crippen LogP contribution in [-0.2, 0) is 14.3 Å². The zero-order valence-corrected chi connectivity index (χ0v) is 12.6. The van der Waals surface area contributed by atoms with Gasteiger partial charge in [0.15, 0.2) is 11.4 Å². The summed E-state index contributed by atoms with van der Waals surface area (Å²) in [5.41, 5.74) is 5.32. The number of hydrogen-bond acceptors (Lipinski definition) is 7. The van der Waals surface area contributed by atoms with Crippen molar-refractivity contribution >= 4 is 29.4 Å². The van der Waals surface area contributed by atoms with Gasteiger partial charge in [0, 0.05) is 4.88 Å². The summed E-state index contributed by atoms with van der Waals surface area (Å²) in [5, 5.41) is 19.0. The average Bonchev–Trinajstić information content (AvgIpc) is 2.92. The van der Waals surface area contributed by atoms with E-state index in [1.54, 1.807) is 13.8 Å². The number of esters is 1. The third kappa shape index (κ3) is 5.27. The monoisotopic (exact) mass is 311 g/mol. The van der Waals surface area contributed by atoms with Gasteiger partial charge in [-0.25, -0.2) is 4.79 Å². The summed E-state index contributed by atoms with van der Waals surface area (Å²) in [7, 11) is 0. The first-order valence-corrected chi connectivity index (χ1v) is 7.11. The Bertz CT molecular complexity index is 550. The second-order valence-electron chi connectivity index (χ2n) is 3.58. The molecular formula is C13H17N3O4S. The maximum absolute atomic E-state index is 11.8. The van der Waals surface area contributed by atoms with Crippen molar-refractivity contribution in [2.24, 2.45) is 15.9 Å². The largest absolute Gasteiger partial charge is 0.480 e. The quantitative estimate of drug-likeness (QED) is 0.199. The van der Waals surface area contributed by atoms with Gasteiger partial charge in [-0.2, -0.15) is 5.10 Å². The number of thiophene rings is 1. The van der Waals surface area contributed by atoms with E-state index in [0.717, 1.165) is 4.88 Å². The van der Waals surface area contributed by atoms with Gasteiger partial charge in [0.05, 0.1) is 19.4 Å². The van der Waals surface area contributed by atoms with E-state index in [1.807, 2.05) is 17.5 Å². The molecule has 0 bridgehead atoms. The molecule has 3 N–H and O–H groups in total. The fraction of sp³-hybridized carbons (Fsp3) is 0.308. The van der Waals surface area contributed by atoms with E-state index in [0.29, 0.717) is 0 Å². The van der Waals surface area contributed by atoms with Crippen molar-refractivity contribution < 1.29 is 19.4 Å². The highest BCUT2D eigenvalue weighted by molar-refractivity contribution is 7.11. The maximum atomic E-state index is 11.8. The van der Waals surface area contributed by atoms with E-state index in [1.165, 1.54) is 17.6 Å². The van der Waals surface area contributed by atoms with Gasteiger partial charge in [0.1, 0.15) is 0 Å². The number of amidine groups is 1. The number of carbonyl (C=O) groups excluding carboxylic acids is 1. The molecule has 21 heavy (non-hydrogen) atoms. The van der Waals surface area contributed by atoms with Crippen LogP contribution in [0.3, 0.4) is 0 Å². The Morgan fingerprint density at radius 1 is 1.43 bits per heavy atom. The van der Waals surface area contributed by atoms with Crippen LogP contribution in [0.1, 0.15) is 18.7 Å². The average molecular weight is 311 g/mol. The van der Waals surface area contributed by atoms with Crippen LogP contribution in [0.5, 0.6) is 0 Å². The van der Waals surface area contributed by atoms with Gasteiger partial charge >= 0.3 is 5.97 Å². The lowest BCUT2D eigenvalue weighted by Gasteiger charge is -2.08. The smallest absolute Gasteiger partial charge is 0.349 e. The highest BCUT2D eigenvalue weighted by atomic mass is 32.1. The number of nitrogens with zero attached hydrogens (tertiary/aromatic N) is 2. The summed E-state index contributed by atoms with van der Waals surface area (Å²) >= 11 is 1.47. The van der Waals surface area contributed by atoms with Crippen LogP contribution in [0.4, 0.5) is 0 Å². The molecule has 0 radical (unpaired) electrons. The van der Waals surface area contributed by atoms with Crippen LogP contribution in [0.15, 0.2) is 39.2 Å². The number of aliphatic hydroxyl groups is 1. The maximum Gasteiger partial charge on any atom is 0.349 e. The van der Waals surface area contributed by atoms with Crippen molar-refractivity contribution in [2.75, 3.05) is 13.2 Å². The number of aliphatic hydroxyl groups excluding tert-OH is 1. The molecule has 0 saturated carbocycles. The third-order valence-corrected chi connectivity index (χ3v) is 2.93. The summed E-state index contributed by atoms with van der Waals surface area (Å²) in [5.74, 6) is -1.74. The van der Waals surface area contributed by atoms with Gasteiger partial charge in [-0.3, -0.25) is 0 Å². The van der Waals surface area contributed by atoms with E-state index >= 15 is 0 Å². The molecule has 0 fully saturated rings. The molecule has 1 aromatic heterocycles. The van der Waals surface area contributed by atoms with Gasteiger partial charge in [-0.1, -0.05) is 6.07 Å². The molecule has 0 aromatic carbocycles. The third-order valence-electron chi connectivity index (χ3n) is 2.12. The molecule has 0 unspecified atom stereocenters. The van der Waals surface area contributed by atoms with Crippen LogP contribution in [-0.4, -0.2) is 36.3 Å². The Labute approximate surface area is 126 Å². The summed E-state index contributed by atoms with van der Waals surface area (Å²) < 4.78 is 9.67. The molecule has 0 aliphatic rings. The fourth-order valence-electron chi connectivity index (χ4n) is 1.28. The van der Waals surface area contributed by atoms with Crippen LogP contribution in [0.25, 0.3) is 0 Å². The van der Waals surface area contributed by atoms with E-state index in [4.69, 9.17) is 15.2 Å². The second-order valence-corrected chi connectivity index (χ2v) is 4.56. The Hall–Kier alpha value is -2.35. The first-order valence-electron chi connectivity index (χ1n) is 6.23. The van der Waals surface area contributed by atoms with E-state index in [-0.39, 0.29) is 24.6 Å². The highest BCUT2D eigenvalue weighted by Crippen LogP contribution is 2.08. The van der Waals surface area contributed by atoms with Crippen molar-refractivity contribution in [3.8, 4) is 0 Å². The lowest BCUT2D eigenvalue weighted by Crippen LogP contribution is -2.25. The molecule has 114 valence electrons. The lowest BCUT2D eigenvalue weighted by atomic mass is 10.2. The minimum atomic E-state index is -0.823. The molecule has 0 saturated heterocycles. The molecular weight excluding hydrogens is 294 g/mol. The van der Waals surface area contributed by atoms with Crippen LogP contribution < -0.4 is 5.73 Å². The number of carbonyl (C=O) groups is 1. The zero-order valence-electron chi connectivity index (χ0n) is 11.8. The molecule has 1 aromatic rings. The van der Waals surface area contributed by atoms with Crippen molar-refractivity contribution in [2.45, 2.75) is 13.8 Å². The number of hydrogen-bond donors (Lipinski definition) is 2. The SMILES string of the molecule is CCOC(=O)C(/C(N)=N/N=C/c1cccs1)=C(/O)OCC. The van der Waals surface area contributed by atoms with Crippen LogP contribution in [0, 0.1) is 0 Å². The predicted octanol–water partition coefficient (Wildman–Crippen LogP) is 1.81. The Balaban J connectivity index is 2.96. The Kier molecular flexibility index (Phi) is 6.96. The molecule has 8 heteroatoms. The molecule has 1 rings (SSSR count). The van der Waals surface area contributed by atoms with Crippen molar-refractivity contribution in [1.29, 1.82) is 0 Å². The predicted molar refractivity (Wildman–Crippen MR) is 81.4 cm³/mol. The fourth-order valence-corrected chi connectivity index (χ4v) is 1.86. The molecule has 0 aliphatic carbocycles.